The molecule has 4 aliphatic rings. The molecule has 2 aliphatic carbocycles. The van der Waals surface area contributed by atoms with Crippen LogP contribution in [-0.2, 0) is 33.6 Å². The third-order valence-corrected chi connectivity index (χ3v) is 10.8. The maximum absolute atomic E-state index is 14.4. The summed E-state index contributed by atoms with van der Waals surface area (Å²) in [7, 11) is 0. The van der Waals surface area contributed by atoms with Gasteiger partial charge in [0.25, 0.3) is 11.8 Å². The first-order valence-electron chi connectivity index (χ1n) is 16.7. The van der Waals surface area contributed by atoms with Gasteiger partial charge in [-0.3, -0.25) is 28.8 Å². The molecule has 13 heteroatoms. The number of aromatic nitrogens is 3. The van der Waals surface area contributed by atoms with Gasteiger partial charge < -0.3 is 10.6 Å². The Labute approximate surface area is 299 Å². The number of halogens is 2. The average Bonchev–Trinajstić information content (AvgIpc) is 3.98. The molecule has 0 radical (unpaired) electrons. The molecule has 8 rings (SSSR count). The van der Waals surface area contributed by atoms with Crippen LogP contribution in [0.4, 0.5) is 11.6 Å². The summed E-state index contributed by atoms with van der Waals surface area (Å²) < 4.78 is 1.63. The van der Waals surface area contributed by atoms with Crippen LogP contribution in [0.2, 0.25) is 10.0 Å². The minimum absolute atomic E-state index is 0.140. The molecule has 0 bridgehead atoms. The van der Waals surface area contributed by atoms with Crippen LogP contribution in [0.5, 0.6) is 0 Å². The Morgan fingerprint density at radius 2 is 1.66 bits per heavy atom. The lowest BCUT2D eigenvalue weighted by Gasteiger charge is -2.31. The van der Waals surface area contributed by atoms with Gasteiger partial charge in [-0.1, -0.05) is 35.3 Å². The van der Waals surface area contributed by atoms with Crippen molar-refractivity contribution in [3.05, 3.63) is 105 Å². The third-order valence-electron chi connectivity index (χ3n) is 10.4. The summed E-state index contributed by atoms with van der Waals surface area (Å²) in [6, 6.07) is 18.0. The average molecular weight is 710 g/mol. The van der Waals surface area contributed by atoms with Crippen molar-refractivity contribution in [2.24, 2.45) is 0 Å². The summed E-state index contributed by atoms with van der Waals surface area (Å²) in [4.78, 5) is 55.4. The lowest BCUT2D eigenvalue weighted by atomic mass is 9.91. The molecule has 11 nitrogen and oxygen atoms in total. The molecule has 2 aliphatic heterocycles. The van der Waals surface area contributed by atoms with Crippen LogP contribution in [0.3, 0.4) is 0 Å². The second-order valence-corrected chi connectivity index (χ2v) is 14.9. The van der Waals surface area contributed by atoms with E-state index in [4.69, 9.17) is 23.2 Å². The molecule has 3 amide bonds. The van der Waals surface area contributed by atoms with Crippen LogP contribution in [0, 0.1) is 11.3 Å². The summed E-state index contributed by atoms with van der Waals surface area (Å²) in [6.45, 7) is 4.81. The largest absolute Gasteiger partial charge is 0.343 e. The number of hydrogen-bond donors (Lipinski definition) is 2. The van der Waals surface area contributed by atoms with E-state index in [9.17, 15) is 19.6 Å². The van der Waals surface area contributed by atoms with E-state index >= 15 is 0 Å². The Morgan fingerprint density at radius 1 is 0.940 bits per heavy atom. The van der Waals surface area contributed by atoms with Gasteiger partial charge in [0.15, 0.2) is 0 Å². The summed E-state index contributed by atoms with van der Waals surface area (Å²) in [5.41, 5.74) is 0.907. The predicted octanol–water partition coefficient (Wildman–Crippen LogP) is 5.37. The van der Waals surface area contributed by atoms with Gasteiger partial charge in [-0.05, 0) is 106 Å². The van der Waals surface area contributed by atoms with Crippen LogP contribution in [0.1, 0.15) is 71.9 Å². The zero-order valence-corrected chi connectivity index (χ0v) is 28.9. The van der Waals surface area contributed by atoms with E-state index in [1.807, 2.05) is 12.3 Å². The van der Waals surface area contributed by atoms with Crippen molar-refractivity contribution in [1.29, 1.82) is 5.26 Å². The van der Waals surface area contributed by atoms with E-state index < -0.39 is 22.5 Å². The van der Waals surface area contributed by atoms with Gasteiger partial charge in [0.05, 0.1) is 34.7 Å². The number of carbonyl (C=O) groups is 3. The first kappa shape index (κ1) is 32.4. The SMILES string of the molecule is C[C@@]1(Cc2ccc(C#N)cc2)C(=O)N(c2cc(Cl)cc(Cl)c2)c2ncc(C(=O)NC3(C(=O)NC4(c5cc(CN6CCC6)ccn5)CC4)CC3)n21. The smallest absolute Gasteiger partial charge is 0.270 e. The van der Waals surface area contributed by atoms with Crippen LogP contribution < -0.4 is 15.5 Å². The molecule has 4 aromatic rings. The van der Waals surface area contributed by atoms with Crippen molar-refractivity contribution >= 4 is 52.6 Å². The maximum Gasteiger partial charge on any atom is 0.270 e. The summed E-state index contributed by atoms with van der Waals surface area (Å²) in [5.74, 6) is -0.868. The first-order chi connectivity index (χ1) is 24.0. The highest BCUT2D eigenvalue weighted by Gasteiger charge is 2.57. The normalized spacial score (nSPS) is 21.2. The highest BCUT2D eigenvalue weighted by atomic mass is 35.5. The maximum atomic E-state index is 14.4. The van der Waals surface area contributed by atoms with Crippen molar-refractivity contribution < 1.29 is 14.4 Å². The first-order valence-corrected chi connectivity index (χ1v) is 17.5. The number of carbonyl (C=O) groups excluding carboxylic acids is 3. The summed E-state index contributed by atoms with van der Waals surface area (Å²) >= 11 is 12.7. The molecule has 0 unspecified atom stereocenters. The predicted molar refractivity (Wildman–Crippen MR) is 187 cm³/mol. The zero-order chi connectivity index (χ0) is 34.8. The number of nitrogens with one attached hydrogen (secondary N) is 2. The fraction of sp³-hybridized carbons (Fsp3) is 0.351. The number of fused-ring (bicyclic) bond motifs is 1. The number of nitriles is 1. The topological polar surface area (TPSA) is 136 Å². The molecule has 2 aromatic heterocycles. The number of nitrogens with zero attached hydrogens (tertiary/aromatic N) is 6. The van der Waals surface area contributed by atoms with Crippen molar-refractivity contribution in [2.45, 2.75) is 68.6 Å². The van der Waals surface area contributed by atoms with Gasteiger partial charge in [-0.2, -0.15) is 5.26 Å². The van der Waals surface area contributed by atoms with Gasteiger partial charge in [0, 0.05) is 29.2 Å². The lowest BCUT2D eigenvalue weighted by Crippen LogP contribution is -2.52. The molecule has 1 atom stereocenters. The Bertz CT molecular complexity index is 2080. The Hall–Kier alpha value is -4.76. The second-order valence-electron chi connectivity index (χ2n) is 14.1. The summed E-state index contributed by atoms with van der Waals surface area (Å²) in [6.07, 6.45) is 7.17. The molecular formula is C37H34Cl2N8O3. The number of rotatable bonds is 10. The second kappa shape index (κ2) is 11.9. The molecule has 254 valence electrons. The Kier molecular flexibility index (Phi) is 7.75. The molecule has 50 heavy (non-hydrogen) atoms. The highest BCUT2D eigenvalue weighted by Crippen LogP contribution is 2.48. The monoisotopic (exact) mass is 708 g/mol. The van der Waals surface area contributed by atoms with Crippen LogP contribution in [-0.4, -0.2) is 55.8 Å². The fourth-order valence-electron chi connectivity index (χ4n) is 7.08. The van der Waals surface area contributed by atoms with Crippen molar-refractivity contribution in [3.8, 4) is 6.07 Å². The van der Waals surface area contributed by atoms with Crippen molar-refractivity contribution in [3.63, 3.8) is 0 Å². The number of hydrogen-bond acceptors (Lipinski definition) is 7. The van der Waals surface area contributed by atoms with Gasteiger partial charge >= 0.3 is 0 Å². The lowest BCUT2D eigenvalue weighted by molar-refractivity contribution is -0.125. The van der Waals surface area contributed by atoms with E-state index in [0.29, 0.717) is 34.1 Å². The quantitative estimate of drug-likeness (QED) is 0.226. The Balaban J connectivity index is 1.07. The van der Waals surface area contributed by atoms with Crippen LogP contribution in [0.15, 0.2) is 67.0 Å². The minimum Gasteiger partial charge on any atom is -0.343 e. The molecule has 2 saturated carbocycles. The van der Waals surface area contributed by atoms with Gasteiger partial charge in [-0.15, -0.1) is 0 Å². The van der Waals surface area contributed by atoms with E-state index in [2.05, 4.69) is 37.6 Å². The zero-order valence-electron chi connectivity index (χ0n) is 27.4. The van der Waals surface area contributed by atoms with Crippen LogP contribution >= 0.6 is 23.2 Å². The van der Waals surface area contributed by atoms with E-state index in [1.54, 1.807) is 54.0 Å². The number of likely N-dealkylation sites (tertiary alicyclic amines) is 1. The van der Waals surface area contributed by atoms with E-state index in [-0.39, 0.29) is 29.9 Å². The number of anilines is 2. The summed E-state index contributed by atoms with van der Waals surface area (Å²) in [5, 5.41) is 16.2. The Morgan fingerprint density at radius 3 is 2.28 bits per heavy atom. The van der Waals surface area contributed by atoms with E-state index in [0.717, 1.165) is 43.7 Å². The molecule has 2 aromatic carbocycles. The molecule has 3 fully saturated rings. The number of pyridine rings is 1. The van der Waals surface area contributed by atoms with Gasteiger partial charge in [-0.25, -0.2) is 9.88 Å². The van der Waals surface area contributed by atoms with Gasteiger partial charge in [0.2, 0.25) is 11.9 Å². The highest BCUT2D eigenvalue weighted by molar-refractivity contribution is 6.35. The minimum atomic E-state index is -1.30. The molecular weight excluding hydrogens is 675 g/mol. The number of benzene rings is 2. The van der Waals surface area contributed by atoms with Crippen molar-refractivity contribution in [1.82, 2.24) is 30.1 Å². The number of amides is 3. The standard InChI is InChI=1S/C37H34Cl2N8O3/c1-35(19-23-3-5-24(20-40)6-4-23)33(50)46(28-17-26(38)16-27(39)18-28)34-42-21-29(47(34)35)31(48)43-37(10-11-37)32(49)44-36(8-9-36)30-15-25(7-12-41-30)22-45-13-2-14-45/h3-7,12,15-18,21H,2,8-11,13-14,19,22H2,1H3,(H,43,48)(H,44,49)/t35-/m1/s1. The third kappa shape index (κ3) is 5.61. The molecule has 1 saturated heterocycles. The van der Waals surface area contributed by atoms with E-state index in [1.165, 1.54) is 23.1 Å². The molecule has 4 heterocycles. The van der Waals surface area contributed by atoms with Gasteiger partial charge in [0.1, 0.15) is 16.8 Å². The van der Waals surface area contributed by atoms with Crippen molar-refractivity contribution in [2.75, 3.05) is 18.0 Å². The number of imidazole rings is 1. The molecule has 2 N–H and O–H groups in total. The van der Waals surface area contributed by atoms with Crippen LogP contribution in [0.25, 0.3) is 0 Å². The molecule has 0 spiro atoms. The fourth-order valence-corrected chi connectivity index (χ4v) is 7.59.